The van der Waals surface area contributed by atoms with Gasteiger partial charge in [0.2, 0.25) is 0 Å². The number of carbonyl (C=O) groups excluding carboxylic acids is 1. The summed E-state index contributed by atoms with van der Waals surface area (Å²) in [7, 11) is 1.53. The molecule has 0 N–H and O–H groups in total. The molecule has 0 spiro atoms. The van der Waals surface area contributed by atoms with E-state index >= 15 is 0 Å². The molecule has 0 fully saturated rings. The highest BCUT2D eigenvalue weighted by Crippen LogP contribution is 2.33. The Hall–Kier alpha value is -4.68. The van der Waals surface area contributed by atoms with Gasteiger partial charge in [0.15, 0.2) is 11.6 Å². The number of halogens is 2. The number of benzene rings is 4. The van der Waals surface area contributed by atoms with Crippen LogP contribution >= 0.6 is 31.9 Å². The van der Waals surface area contributed by atoms with Crippen LogP contribution < -0.4 is 15.0 Å². The zero-order valence-electron chi connectivity index (χ0n) is 21.2. The van der Waals surface area contributed by atoms with Gasteiger partial charge in [-0.05, 0) is 76.6 Å². The van der Waals surface area contributed by atoms with Crippen molar-refractivity contribution in [3.8, 4) is 22.9 Å². The summed E-state index contributed by atoms with van der Waals surface area (Å²) in [5.74, 6) is 0.334. The molecule has 0 saturated heterocycles. The molecular weight excluding hydrogens is 660 g/mol. The SMILES string of the molecule is COc1ccc(C(=O)Oc2c(Br)cc(Br)cc2C=Nn2c(-c3ccc([N+](=O)[O-])cc3)nc3ccccc3c2=O)cc1. The third-order valence-electron chi connectivity index (χ3n) is 5.96. The summed E-state index contributed by atoms with van der Waals surface area (Å²) in [5, 5.41) is 15.9. The summed E-state index contributed by atoms with van der Waals surface area (Å²) in [4.78, 5) is 41.7. The van der Waals surface area contributed by atoms with Gasteiger partial charge in [-0.25, -0.2) is 9.78 Å². The molecule has 0 saturated carbocycles. The number of methoxy groups -OCH3 is 1. The van der Waals surface area contributed by atoms with Crippen molar-refractivity contribution in [2.75, 3.05) is 7.11 Å². The number of fused-ring (bicyclic) bond motifs is 1. The van der Waals surface area contributed by atoms with Crippen molar-refractivity contribution in [1.29, 1.82) is 0 Å². The summed E-state index contributed by atoms with van der Waals surface area (Å²) < 4.78 is 13.1. The van der Waals surface area contributed by atoms with Crippen molar-refractivity contribution in [2.24, 2.45) is 5.10 Å². The van der Waals surface area contributed by atoms with Gasteiger partial charge in [0.1, 0.15) is 5.75 Å². The lowest BCUT2D eigenvalue weighted by atomic mass is 10.1. The van der Waals surface area contributed by atoms with E-state index in [0.29, 0.717) is 42.3 Å². The molecule has 1 aromatic heterocycles. The van der Waals surface area contributed by atoms with Gasteiger partial charge in [-0.3, -0.25) is 14.9 Å². The van der Waals surface area contributed by atoms with E-state index in [2.05, 4.69) is 41.9 Å². The predicted molar refractivity (Wildman–Crippen MR) is 161 cm³/mol. The Morgan fingerprint density at radius 2 is 1.73 bits per heavy atom. The van der Waals surface area contributed by atoms with Crippen LogP contribution in [0.3, 0.4) is 0 Å². The average molecular weight is 678 g/mol. The number of aromatic nitrogens is 2. The van der Waals surface area contributed by atoms with Crippen LogP contribution in [0, 0.1) is 10.1 Å². The molecule has 1 heterocycles. The minimum absolute atomic E-state index is 0.103. The molecule has 0 radical (unpaired) electrons. The molecular formula is C29H18Br2N4O6. The number of ether oxygens (including phenoxy) is 2. The lowest BCUT2D eigenvalue weighted by Gasteiger charge is -2.12. The van der Waals surface area contributed by atoms with E-state index in [9.17, 15) is 19.7 Å². The first-order chi connectivity index (χ1) is 19.7. The van der Waals surface area contributed by atoms with Crippen LogP contribution in [-0.4, -0.2) is 33.9 Å². The Bertz CT molecular complexity index is 1890. The van der Waals surface area contributed by atoms with Gasteiger partial charge in [-0.2, -0.15) is 9.78 Å². The van der Waals surface area contributed by atoms with Crippen molar-refractivity contribution in [2.45, 2.75) is 0 Å². The third kappa shape index (κ3) is 5.93. The highest BCUT2D eigenvalue weighted by molar-refractivity contribution is 9.11. The molecule has 0 unspecified atom stereocenters. The first kappa shape index (κ1) is 27.9. The molecule has 0 aliphatic rings. The number of non-ortho nitro benzene ring substituents is 1. The summed E-state index contributed by atoms with van der Waals surface area (Å²) in [6, 6.07) is 22.3. The molecule has 5 rings (SSSR count). The molecule has 41 heavy (non-hydrogen) atoms. The van der Waals surface area contributed by atoms with Crippen LogP contribution in [0.1, 0.15) is 15.9 Å². The molecule has 0 aliphatic carbocycles. The molecule has 12 heteroatoms. The number of esters is 1. The Morgan fingerprint density at radius 1 is 1.02 bits per heavy atom. The van der Waals surface area contributed by atoms with Crippen molar-refractivity contribution < 1.29 is 19.2 Å². The number of nitro benzene ring substituents is 1. The lowest BCUT2D eigenvalue weighted by molar-refractivity contribution is -0.384. The monoisotopic (exact) mass is 676 g/mol. The van der Waals surface area contributed by atoms with Crippen LogP contribution in [-0.2, 0) is 0 Å². The minimum Gasteiger partial charge on any atom is -0.497 e. The second kappa shape index (κ2) is 11.8. The standard InChI is InChI=1S/C29H18Br2N4O6/c1-40-22-12-8-18(9-13-22)29(37)41-26-19(14-20(30)15-24(26)31)16-32-34-27(17-6-10-21(11-7-17)35(38)39)33-25-5-3-2-4-23(25)28(34)36/h2-16H,1H3. The number of hydrogen-bond acceptors (Lipinski definition) is 8. The number of nitrogens with zero attached hydrogens (tertiary/aromatic N) is 4. The Balaban J connectivity index is 1.60. The molecule has 4 aromatic carbocycles. The molecule has 0 atom stereocenters. The fourth-order valence-corrected chi connectivity index (χ4v) is 5.27. The molecule has 5 aromatic rings. The molecule has 0 bridgehead atoms. The molecule has 0 amide bonds. The number of hydrogen-bond donors (Lipinski definition) is 0. The lowest BCUT2D eigenvalue weighted by Crippen LogP contribution is -2.20. The van der Waals surface area contributed by atoms with E-state index in [0.717, 1.165) is 4.68 Å². The van der Waals surface area contributed by atoms with E-state index in [-0.39, 0.29) is 17.3 Å². The number of nitro groups is 1. The smallest absolute Gasteiger partial charge is 0.343 e. The number of rotatable bonds is 7. The topological polar surface area (TPSA) is 126 Å². The summed E-state index contributed by atoms with van der Waals surface area (Å²) in [5.41, 5.74) is 1.01. The zero-order chi connectivity index (χ0) is 29.1. The average Bonchev–Trinajstić information content (AvgIpc) is 2.98. The third-order valence-corrected chi connectivity index (χ3v) is 7.01. The fourth-order valence-electron chi connectivity index (χ4n) is 3.93. The van der Waals surface area contributed by atoms with Gasteiger partial charge < -0.3 is 9.47 Å². The van der Waals surface area contributed by atoms with E-state index in [1.807, 2.05) is 0 Å². The predicted octanol–water partition coefficient (Wildman–Crippen LogP) is 6.61. The second-order valence-electron chi connectivity index (χ2n) is 8.54. The van der Waals surface area contributed by atoms with E-state index < -0.39 is 16.5 Å². The fraction of sp³-hybridized carbons (Fsp3) is 0.0345. The largest absolute Gasteiger partial charge is 0.497 e. The van der Waals surface area contributed by atoms with Crippen LogP contribution in [0.5, 0.6) is 11.5 Å². The highest BCUT2D eigenvalue weighted by Gasteiger charge is 2.17. The van der Waals surface area contributed by atoms with Crippen molar-refractivity contribution >= 4 is 60.6 Å². The van der Waals surface area contributed by atoms with Crippen LogP contribution in [0.4, 0.5) is 5.69 Å². The highest BCUT2D eigenvalue weighted by atomic mass is 79.9. The first-order valence-electron chi connectivity index (χ1n) is 11.9. The van der Waals surface area contributed by atoms with Crippen molar-refractivity contribution in [1.82, 2.24) is 9.66 Å². The van der Waals surface area contributed by atoms with E-state index in [4.69, 9.17) is 9.47 Å². The van der Waals surface area contributed by atoms with Gasteiger partial charge in [-0.1, -0.05) is 28.1 Å². The first-order valence-corrected chi connectivity index (χ1v) is 13.5. The number of para-hydroxylation sites is 1. The van der Waals surface area contributed by atoms with Gasteiger partial charge >= 0.3 is 5.97 Å². The van der Waals surface area contributed by atoms with Crippen LogP contribution in [0.15, 0.2) is 104 Å². The van der Waals surface area contributed by atoms with E-state index in [1.54, 1.807) is 60.7 Å². The maximum absolute atomic E-state index is 13.5. The summed E-state index contributed by atoms with van der Waals surface area (Å²) >= 11 is 6.87. The van der Waals surface area contributed by atoms with Crippen molar-refractivity contribution in [3.63, 3.8) is 0 Å². The van der Waals surface area contributed by atoms with Gasteiger partial charge in [0.25, 0.3) is 11.2 Å². The second-order valence-corrected chi connectivity index (χ2v) is 10.3. The van der Waals surface area contributed by atoms with Crippen LogP contribution in [0.25, 0.3) is 22.3 Å². The molecule has 204 valence electrons. The summed E-state index contributed by atoms with van der Waals surface area (Å²) in [6.45, 7) is 0. The molecule has 10 nitrogen and oxygen atoms in total. The normalized spacial score (nSPS) is 11.1. The Labute approximate surface area is 249 Å². The van der Waals surface area contributed by atoms with E-state index in [1.165, 1.54) is 37.6 Å². The molecule has 0 aliphatic heterocycles. The maximum atomic E-state index is 13.5. The quantitative estimate of drug-likeness (QED) is 0.0624. The minimum atomic E-state index is -0.610. The Morgan fingerprint density at radius 3 is 2.41 bits per heavy atom. The Kier molecular flexibility index (Phi) is 8.04. The van der Waals surface area contributed by atoms with Gasteiger partial charge in [0.05, 0.1) is 39.2 Å². The van der Waals surface area contributed by atoms with Gasteiger partial charge in [-0.15, -0.1) is 0 Å². The van der Waals surface area contributed by atoms with Crippen LogP contribution in [0.2, 0.25) is 0 Å². The van der Waals surface area contributed by atoms with Gasteiger partial charge in [0, 0.05) is 27.7 Å². The number of carbonyl (C=O) groups is 1. The summed E-state index contributed by atoms with van der Waals surface area (Å²) in [6.07, 6.45) is 1.37. The maximum Gasteiger partial charge on any atom is 0.343 e. The van der Waals surface area contributed by atoms with Crippen molar-refractivity contribution in [3.05, 3.63) is 125 Å². The zero-order valence-corrected chi connectivity index (χ0v) is 24.3.